The smallest absolute Gasteiger partial charge is 0.128 e. The number of imidazole rings is 1. The lowest BCUT2D eigenvalue weighted by molar-refractivity contribution is 0.276. The van der Waals surface area contributed by atoms with Crippen molar-refractivity contribution in [2.45, 2.75) is 36.6 Å². The second-order valence-corrected chi connectivity index (χ2v) is 9.03. The van der Waals surface area contributed by atoms with Crippen molar-refractivity contribution in [2.24, 2.45) is 0 Å². The summed E-state index contributed by atoms with van der Waals surface area (Å²) in [5, 5.41) is 12.4. The molecule has 138 valence electrons. The van der Waals surface area contributed by atoms with Gasteiger partial charge in [0.05, 0.1) is 23.4 Å². The van der Waals surface area contributed by atoms with Crippen molar-refractivity contribution in [3.8, 4) is 0 Å². The minimum absolute atomic E-state index is 0.0609. The number of halogens is 1. The Balaban J connectivity index is 1.52. The minimum Gasteiger partial charge on any atom is -0.395 e. The Hall–Kier alpha value is -1.67. The molecule has 8 heteroatoms. The van der Waals surface area contributed by atoms with Crippen LogP contribution in [0.5, 0.6) is 0 Å². The lowest BCUT2D eigenvalue weighted by Crippen LogP contribution is -2.06. The van der Waals surface area contributed by atoms with Crippen LogP contribution in [0.4, 0.5) is 0 Å². The standard InChI is InChI=1S/C19H17ClN4OS2/c20-11-4-5-13-14(8-11)24(6-7-25)16(23-13)9-26-18-17-12-2-1-3-15(12)27-19(17)22-10-21-18/h4-5,8,10,25H,1-3,6-7,9H2. The molecule has 0 unspecified atom stereocenters. The van der Waals surface area contributed by atoms with Crippen LogP contribution in [0, 0.1) is 0 Å². The van der Waals surface area contributed by atoms with Crippen LogP contribution in [-0.2, 0) is 25.1 Å². The van der Waals surface area contributed by atoms with E-state index in [0.717, 1.165) is 39.6 Å². The molecular weight excluding hydrogens is 400 g/mol. The Labute approximate surface area is 169 Å². The Morgan fingerprint density at radius 2 is 2.19 bits per heavy atom. The molecule has 0 amide bonds. The second-order valence-electron chi connectivity index (χ2n) is 6.54. The monoisotopic (exact) mass is 416 g/mol. The predicted molar refractivity (Wildman–Crippen MR) is 111 cm³/mol. The Morgan fingerprint density at radius 3 is 3.07 bits per heavy atom. The molecule has 4 aromatic rings. The Kier molecular flexibility index (Phi) is 4.55. The zero-order chi connectivity index (χ0) is 18.4. The number of nitrogens with zero attached hydrogens (tertiary/aromatic N) is 4. The van der Waals surface area contributed by atoms with E-state index in [1.165, 1.54) is 22.2 Å². The summed E-state index contributed by atoms with van der Waals surface area (Å²) in [7, 11) is 0. The lowest BCUT2D eigenvalue weighted by atomic mass is 10.2. The van der Waals surface area contributed by atoms with E-state index in [-0.39, 0.29) is 6.61 Å². The molecule has 0 spiro atoms. The average Bonchev–Trinajstić information content (AvgIpc) is 3.33. The molecule has 1 N–H and O–H groups in total. The zero-order valence-electron chi connectivity index (χ0n) is 14.5. The molecule has 1 aliphatic rings. The van der Waals surface area contributed by atoms with Crippen LogP contribution in [-0.4, -0.2) is 31.2 Å². The molecular formula is C19H17ClN4OS2. The molecule has 0 fully saturated rings. The third-order valence-corrected chi connectivity index (χ3v) is 7.34. The number of rotatable bonds is 5. The number of benzene rings is 1. The van der Waals surface area contributed by atoms with Crippen molar-refractivity contribution >= 4 is 55.9 Å². The van der Waals surface area contributed by atoms with Crippen LogP contribution in [0.15, 0.2) is 29.6 Å². The van der Waals surface area contributed by atoms with Crippen molar-refractivity contribution in [1.29, 1.82) is 0 Å². The molecule has 3 heterocycles. The summed E-state index contributed by atoms with van der Waals surface area (Å²) in [6.45, 7) is 0.561. The molecule has 5 rings (SSSR count). The van der Waals surface area contributed by atoms with Gasteiger partial charge in [0.2, 0.25) is 0 Å². The molecule has 0 radical (unpaired) electrons. The van der Waals surface area contributed by atoms with Crippen molar-refractivity contribution in [2.75, 3.05) is 6.61 Å². The van der Waals surface area contributed by atoms with Gasteiger partial charge in [0, 0.05) is 21.8 Å². The lowest BCUT2D eigenvalue weighted by Gasteiger charge is -2.08. The summed E-state index contributed by atoms with van der Waals surface area (Å²) in [4.78, 5) is 16.4. The number of fused-ring (bicyclic) bond motifs is 4. The average molecular weight is 417 g/mol. The number of aromatic nitrogens is 4. The number of hydrogen-bond acceptors (Lipinski definition) is 6. The fourth-order valence-corrected chi connectivity index (χ4v) is 6.18. The van der Waals surface area contributed by atoms with Crippen molar-refractivity contribution < 1.29 is 5.11 Å². The minimum atomic E-state index is 0.0609. The Bertz CT molecular complexity index is 1150. The maximum Gasteiger partial charge on any atom is 0.128 e. The van der Waals surface area contributed by atoms with Crippen LogP contribution < -0.4 is 0 Å². The third kappa shape index (κ3) is 3.02. The summed E-state index contributed by atoms with van der Waals surface area (Å²) in [6, 6.07) is 5.68. The summed E-state index contributed by atoms with van der Waals surface area (Å²) in [5.41, 5.74) is 3.29. The van der Waals surface area contributed by atoms with Crippen molar-refractivity contribution in [3.63, 3.8) is 0 Å². The number of aryl methyl sites for hydroxylation is 2. The van der Waals surface area contributed by atoms with E-state index in [4.69, 9.17) is 16.6 Å². The zero-order valence-corrected chi connectivity index (χ0v) is 16.9. The summed E-state index contributed by atoms with van der Waals surface area (Å²) >= 11 is 9.65. The molecule has 0 saturated carbocycles. The van der Waals surface area contributed by atoms with Crippen LogP contribution in [0.25, 0.3) is 21.3 Å². The normalized spacial score (nSPS) is 13.7. The molecule has 1 aliphatic carbocycles. The summed E-state index contributed by atoms with van der Waals surface area (Å²) in [6.07, 6.45) is 5.17. The van der Waals surface area contributed by atoms with Gasteiger partial charge in [0.15, 0.2) is 0 Å². The van der Waals surface area contributed by atoms with Gasteiger partial charge in [-0.2, -0.15) is 0 Å². The fourth-order valence-electron chi connectivity index (χ4n) is 3.75. The van der Waals surface area contributed by atoms with Gasteiger partial charge in [-0.15, -0.1) is 11.3 Å². The summed E-state index contributed by atoms with van der Waals surface area (Å²) < 4.78 is 2.05. The van der Waals surface area contributed by atoms with Gasteiger partial charge < -0.3 is 9.67 Å². The van der Waals surface area contributed by atoms with Crippen LogP contribution in [0.1, 0.15) is 22.7 Å². The number of hydrogen-bond donors (Lipinski definition) is 1. The number of aliphatic hydroxyl groups excluding tert-OH is 1. The van der Waals surface area contributed by atoms with Crippen LogP contribution >= 0.6 is 34.7 Å². The quantitative estimate of drug-likeness (QED) is 0.384. The van der Waals surface area contributed by atoms with Gasteiger partial charge in [-0.3, -0.25) is 0 Å². The van der Waals surface area contributed by atoms with E-state index >= 15 is 0 Å². The van der Waals surface area contributed by atoms with Gasteiger partial charge in [0.1, 0.15) is 22.0 Å². The second kappa shape index (κ2) is 7.05. The highest BCUT2D eigenvalue weighted by Crippen LogP contribution is 2.40. The third-order valence-electron chi connectivity index (χ3n) is 4.92. The molecule has 0 bridgehead atoms. The largest absolute Gasteiger partial charge is 0.395 e. The highest BCUT2D eigenvalue weighted by molar-refractivity contribution is 7.98. The first-order chi connectivity index (χ1) is 13.2. The van der Waals surface area contributed by atoms with Crippen LogP contribution in [0.3, 0.4) is 0 Å². The Morgan fingerprint density at radius 1 is 1.26 bits per heavy atom. The van der Waals surface area contributed by atoms with Gasteiger partial charge >= 0.3 is 0 Å². The first kappa shape index (κ1) is 17.4. The number of thiophene rings is 1. The van der Waals surface area contributed by atoms with E-state index < -0.39 is 0 Å². The van der Waals surface area contributed by atoms with E-state index in [1.807, 2.05) is 22.8 Å². The number of thioether (sulfide) groups is 1. The fraction of sp³-hybridized carbons (Fsp3) is 0.316. The molecule has 1 aromatic carbocycles. The molecule has 0 atom stereocenters. The van der Waals surface area contributed by atoms with E-state index in [9.17, 15) is 5.11 Å². The maximum atomic E-state index is 9.49. The van der Waals surface area contributed by atoms with Gasteiger partial charge in [0.25, 0.3) is 0 Å². The van der Waals surface area contributed by atoms with Gasteiger partial charge in [-0.05, 0) is 43.0 Å². The molecule has 5 nitrogen and oxygen atoms in total. The summed E-state index contributed by atoms with van der Waals surface area (Å²) in [5.74, 6) is 1.60. The van der Waals surface area contributed by atoms with Gasteiger partial charge in [-0.1, -0.05) is 23.4 Å². The molecule has 0 saturated heterocycles. The van der Waals surface area contributed by atoms with E-state index in [2.05, 4.69) is 9.97 Å². The van der Waals surface area contributed by atoms with Crippen molar-refractivity contribution in [1.82, 2.24) is 19.5 Å². The number of aliphatic hydroxyl groups is 1. The topological polar surface area (TPSA) is 63.8 Å². The first-order valence-corrected chi connectivity index (χ1v) is 11.1. The van der Waals surface area contributed by atoms with Crippen molar-refractivity contribution in [3.05, 3.63) is 45.8 Å². The van der Waals surface area contributed by atoms with E-state index in [0.29, 0.717) is 17.3 Å². The first-order valence-electron chi connectivity index (χ1n) is 8.88. The molecule has 27 heavy (non-hydrogen) atoms. The SMILES string of the molecule is OCCn1c(CSc2ncnc3sc4c(c23)CCC4)nc2ccc(Cl)cc21. The molecule has 0 aliphatic heterocycles. The van der Waals surface area contributed by atoms with E-state index in [1.54, 1.807) is 29.4 Å². The molecule has 3 aromatic heterocycles. The maximum absolute atomic E-state index is 9.49. The predicted octanol–water partition coefficient (Wildman–Crippen LogP) is 4.47. The van der Waals surface area contributed by atoms with Crippen LogP contribution in [0.2, 0.25) is 5.02 Å². The highest BCUT2D eigenvalue weighted by atomic mass is 35.5. The highest BCUT2D eigenvalue weighted by Gasteiger charge is 2.22. The van der Waals surface area contributed by atoms with Gasteiger partial charge in [-0.25, -0.2) is 15.0 Å².